The molecule has 0 fully saturated rings. The van der Waals surface area contributed by atoms with E-state index < -0.39 is 0.564 Å². The van der Waals surface area contributed by atoms with E-state index in [9.17, 15) is 0 Å². The van der Waals surface area contributed by atoms with Crippen molar-refractivity contribution < 1.29 is 0 Å². The van der Waals surface area contributed by atoms with Gasteiger partial charge in [0.1, 0.15) is 0 Å². The van der Waals surface area contributed by atoms with Crippen LogP contribution in [0, 0.1) is 0 Å². The van der Waals surface area contributed by atoms with Crippen LogP contribution in [0.5, 0.6) is 0 Å². The molecule has 17 heavy (non-hydrogen) atoms. The van der Waals surface area contributed by atoms with E-state index in [0.717, 1.165) is 0 Å². The topological polar surface area (TPSA) is 0 Å². The normalized spacial score (nSPS) is 12.3. The Morgan fingerprint density at radius 1 is 0.941 bits per heavy atom. The largest absolute Gasteiger partial charge is 0.253 e. The van der Waals surface area contributed by atoms with Crippen LogP contribution in [0.15, 0.2) is 11.3 Å². The molecule has 5 heteroatoms. The average molecular weight is 606 g/mol. The number of rotatable bonds is 10. The molecular weight excluding hydrogens is 581 g/mol. The summed E-state index contributed by atoms with van der Waals surface area (Å²) in [6, 6.07) is 3.01. The van der Waals surface area contributed by atoms with E-state index in [2.05, 4.69) is 84.9 Å². The number of hydrogen-bond acceptors (Lipinski definition) is 0. The zero-order valence-electron chi connectivity index (χ0n) is 11.1. The van der Waals surface area contributed by atoms with Crippen LogP contribution in [-0.4, -0.2) is 10.1 Å². The number of unbranched alkanes of at least 4 members (excludes halogenated alkanes) is 5. The van der Waals surface area contributed by atoms with Gasteiger partial charge in [-0.25, -0.2) is 0 Å². The molecule has 0 amide bonds. The van der Waals surface area contributed by atoms with Gasteiger partial charge in [-0.2, -0.15) is 0 Å². The van der Waals surface area contributed by atoms with E-state index >= 15 is 0 Å². The summed E-state index contributed by atoms with van der Waals surface area (Å²) in [5, 5.41) is 0. The highest BCUT2D eigenvalue weighted by molar-refractivity contribution is 14.4. The Morgan fingerprint density at radius 2 is 1.47 bits per heavy atom. The minimum absolute atomic E-state index is 0.142. The van der Waals surface area contributed by atoms with Gasteiger partial charge >= 0.3 is 0 Å². The standard InChI is InChI=1S/C12H25I3Si2/c1-12(2)11-16-9-7-5-3-4-6-8-10-17(13,14)15/h11H,3-10,16H2,1-2H3. The molecule has 102 valence electrons. The first-order chi connectivity index (χ1) is 7.92. The van der Waals surface area contributed by atoms with Gasteiger partial charge in [0.15, 0.2) is 0 Å². The molecule has 0 aliphatic rings. The highest BCUT2D eigenvalue weighted by atomic mass is 127. The maximum absolute atomic E-state index is 2.68. The molecule has 0 aliphatic heterocycles. The fourth-order valence-electron chi connectivity index (χ4n) is 1.74. The second-order valence-electron chi connectivity index (χ2n) is 4.91. The monoisotopic (exact) mass is 606 g/mol. The van der Waals surface area contributed by atoms with Crippen molar-refractivity contribution >= 4 is 75.5 Å². The van der Waals surface area contributed by atoms with Gasteiger partial charge in [0.05, 0.1) is 0 Å². The maximum atomic E-state index is 2.68. The molecule has 0 aliphatic carbocycles. The van der Waals surface area contributed by atoms with Crippen LogP contribution in [0.4, 0.5) is 0 Å². The fraction of sp³-hybridized carbons (Fsp3) is 0.833. The minimum Gasteiger partial charge on any atom is -0.103 e. The predicted molar refractivity (Wildman–Crippen MR) is 113 cm³/mol. The van der Waals surface area contributed by atoms with Gasteiger partial charge in [-0.3, -0.25) is 0 Å². The molecule has 0 saturated heterocycles. The second-order valence-corrected chi connectivity index (χ2v) is 43.5. The predicted octanol–water partition coefficient (Wildman–Crippen LogP) is 6.08. The average Bonchev–Trinajstić information content (AvgIpc) is 2.18. The molecule has 0 heterocycles. The maximum Gasteiger partial charge on any atom is 0.253 e. The summed E-state index contributed by atoms with van der Waals surface area (Å²) in [4.78, 5) is 0. The highest BCUT2D eigenvalue weighted by Gasteiger charge is 2.19. The molecule has 0 bridgehead atoms. The summed E-state index contributed by atoms with van der Waals surface area (Å²) in [6.45, 7) is 4.45. The summed E-state index contributed by atoms with van der Waals surface area (Å²) in [5.74, 6) is 0. The molecule has 0 rings (SSSR count). The zero-order valence-corrected chi connectivity index (χ0v) is 20.0. The first-order valence-electron chi connectivity index (χ1n) is 6.62. The van der Waals surface area contributed by atoms with E-state index in [4.69, 9.17) is 0 Å². The lowest BCUT2D eigenvalue weighted by Crippen LogP contribution is -2.03. The molecule has 0 nitrogen and oxygen atoms in total. The van der Waals surface area contributed by atoms with Crippen molar-refractivity contribution in [1.82, 2.24) is 0 Å². The Bertz CT molecular complexity index is 208. The Labute approximate surface area is 149 Å². The van der Waals surface area contributed by atoms with Crippen molar-refractivity contribution in [3.63, 3.8) is 0 Å². The van der Waals surface area contributed by atoms with Crippen LogP contribution in [0.2, 0.25) is 12.1 Å². The zero-order chi connectivity index (χ0) is 13.1. The Balaban J connectivity index is 3.12. The third kappa shape index (κ3) is 18.4. The molecule has 0 aromatic heterocycles. The molecule has 0 aromatic carbocycles. The third-order valence-electron chi connectivity index (χ3n) is 2.72. The van der Waals surface area contributed by atoms with E-state index in [0.29, 0.717) is 0 Å². The number of hydrogen-bond donors (Lipinski definition) is 0. The van der Waals surface area contributed by atoms with Crippen molar-refractivity contribution in [1.29, 1.82) is 0 Å². The first-order valence-corrected chi connectivity index (χ1v) is 20.0. The van der Waals surface area contributed by atoms with Crippen LogP contribution in [0.3, 0.4) is 0 Å². The van der Waals surface area contributed by atoms with Gasteiger partial charge in [0.25, 0.3) is 0.564 Å². The third-order valence-corrected chi connectivity index (χ3v) is 10.5. The number of allylic oxidation sites excluding steroid dienone is 1. The lowest BCUT2D eigenvalue weighted by atomic mass is 10.1. The lowest BCUT2D eigenvalue weighted by molar-refractivity contribution is 0.624. The minimum atomic E-state index is -0.845. The first kappa shape index (κ1) is 19.4. The van der Waals surface area contributed by atoms with Gasteiger partial charge < -0.3 is 0 Å². The molecule has 0 spiro atoms. The van der Waals surface area contributed by atoms with Gasteiger partial charge in [0, 0.05) is 9.52 Å². The SMILES string of the molecule is CC(C)=C[SiH2]CCCCCCCC[Si](I)(I)I. The van der Waals surface area contributed by atoms with E-state index in [-0.39, 0.29) is 9.52 Å². The molecular formula is C12H25I3Si2. The quantitative estimate of drug-likeness (QED) is 0.123. The summed E-state index contributed by atoms with van der Waals surface area (Å²) in [6.07, 6.45) is 8.84. The second kappa shape index (κ2) is 12.1. The van der Waals surface area contributed by atoms with Crippen LogP contribution < -0.4 is 0 Å². The smallest absolute Gasteiger partial charge is 0.103 e. The molecule has 0 radical (unpaired) electrons. The fourth-order valence-corrected chi connectivity index (χ4v) is 7.25. The van der Waals surface area contributed by atoms with Crippen LogP contribution in [-0.2, 0) is 0 Å². The molecule has 0 unspecified atom stereocenters. The summed E-state index contributed by atoms with van der Waals surface area (Å²) in [7, 11) is 0.142. The van der Waals surface area contributed by atoms with Crippen molar-refractivity contribution in [3.8, 4) is 0 Å². The van der Waals surface area contributed by atoms with Crippen molar-refractivity contribution in [2.24, 2.45) is 0 Å². The van der Waals surface area contributed by atoms with E-state index in [1.54, 1.807) is 0 Å². The summed E-state index contributed by atoms with van der Waals surface area (Å²) >= 11 is 8.03. The Kier molecular flexibility index (Phi) is 13.8. The summed E-state index contributed by atoms with van der Waals surface area (Å²) < 4.78 is -0.845. The molecule has 0 saturated carbocycles. The van der Waals surface area contributed by atoms with Crippen molar-refractivity contribution in [2.75, 3.05) is 0 Å². The van der Waals surface area contributed by atoms with Crippen molar-refractivity contribution in [3.05, 3.63) is 11.3 Å². The summed E-state index contributed by atoms with van der Waals surface area (Å²) in [5.41, 5.74) is 4.03. The molecule has 0 atom stereocenters. The van der Waals surface area contributed by atoms with Crippen LogP contribution in [0.25, 0.3) is 0 Å². The molecule has 0 aromatic rings. The lowest BCUT2D eigenvalue weighted by Gasteiger charge is -2.08. The van der Waals surface area contributed by atoms with Gasteiger partial charge in [-0.05, 0) is 19.9 Å². The Morgan fingerprint density at radius 3 is 2.00 bits per heavy atom. The van der Waals surface area contributed by atoms with Crippen molar-refractivity contribution in [2.45, 2.75) is 64.5 Å². The van der Waals surface area contributed by atoms with E-state index in [1.165, 1.54) is 56.2 Å². The highest BCUT2D eigenvalue weighted by Crippen LogP contribution is 2.35. The Hall–Kier alpha value is 2.36. The van der Waals surface area contributed by atoms with Crippen LogP contribution in [0.1, 0.15) is 52.4 Å². The van der Waals surface area contributed by atoms with Gasteiger partial charge in [-0.15, -0.1) is 5.70 Å². The van der Waals surface area contributed by atoms with E-state index in [1.807, 2.05) is 0 Å². The molecule has 0 N–H and O–H groups in total. The van der Waals surface area contributed by atoms with Gasteiger partial charge in [0.2, 0.25) is 0 Å². The van der Waals surface area contributed by atoms with Gasteiger partial charge in [-0.1, -0.05) is 116 Å². The number of halogens is 3. The van der Waals surface area contributed by atoms with Crippen LogP contribution >= 0.6 is 65.4 Å².